The number of carbonyl (C=O) groups is 2. The first-order valence-electron chi connectivity index (χ1n) is 8.28. The van der Waals surface area contributed by atoms with Gasteiger partial charge in [0.2, 0.25) is 11.8 Å². The van der Waals surface area contributed by atoms with Gasteiger partial charge in [0.15, 0.2) is 0 Å². The molecule has 1 N–H and O–H groups in total. The molecule has 2 aromatic rings. The molecule has 2 aromatic carbocycles. The van der Waals surface area contributed by atoms with Gasteiger partial charge in [0.1, 0.15) is 5.75 Å². The summed E-state index contributed by atoms with van der Waals surface area (Å²) in [6.45, 7) is 2.65. The minimum absolute atomic E-state index is 0.119. The smallest absolute Gasteiger partial charge is 0.229 e. The van der Waals surface area contributed by atoms with Crippen molar-refractivity contribution in [2.45, 2.75) is 13.3 Å². The second-order valence-corrected chi connectivity index (χ2v) is 6.71. The third kappa shape index (κ3) is 3.79. The fourth-order valence-electron chi connectivity index (χ4n) is 2.92. The second-order valence-electron chi connectivity index (χ2n) is 5.89. The highest BCUT2D eigenvalue weighted by atomic mass is 35.5. The molecular weight excluding hydrogens is 375 g/mol. The van der Waals surface area contributed by atoms with Crippen molar-refractivity contribution in [1.29, 1.82) is 0 Å². The highest BCUT2D eigenvalue weighted by molar-refractivity contribution is 6.39. The topological polar surface area (TPSA) is 58.6 Å². The van der Waals surface area contributed by atoms with E-state index in [1.807, 2.05) is 31.2 Å². The van der Waals surface area contributed by atoms with E-state index in [9.17, 15) is 9.59 Å². The average Bonchev–Trinajstić information content (AvgIpc) is 3.01. The maximum atomic E-state index is 12.6. The molecule has 1 fully saturated rings. The van der Waals surface area contributed by atoms with E-state index < -0.39 is 5.92 Å². The van der Waals surface area contributed by atoms with Crippen LogP contribution in [0.2, 0.25) is 10.0 Å². The summed E-state index contributed by atoms with van der Waals surface area (Å²) in [5.74, 6) is -0.282. The largest absolute Gasteiger partial charge is 0.492 e. The predicted molar refractivity (Wildman–Crippen MR) is 103 cm³/mol. The predicted octanol–water partition coefficient (Wildman–Crippen LogP) is 4.38. The summed E-state index contributed by atoms with van der Waals surface area (Å²) in [6, 6.07) is 12.3. The van der Waals surface area contributed by atoms with Gasteiger partial charge in [-0.1, -0.05) is 41.4 Å². The molecule has 0 aliphatic carbocycles. The summed E-state index contributed by atoms with van der Waals surface area (Å²) in [7, 11) is 0. The molecule has 1 atom stereocenters. The summed E-state index contributed by atoms with van der Waals surface area (Å²) in [6.07, 6.45) is 0.119. The van der Waals surface area contributed by atoms with Gasteiger partial charge in [0.25, 0.3) is 0 Å². The lowest BCUT2D eigenvalue weighted by atomic mass is 10.1. The summed E-state index contributed by atoms with van der Waals surface area (Å²) < 4.78 is 5.59. The Morgan fingerprint density at radius 3 is 2.58 bits per heavy atom. The number of para-hydroxylation sites is 3. The lowest BCUT2D eigenvalue weighted by Gasteiger charge is -2.20. The van der Waals surface area contributed by atoms with Gasteiger partial charge in [-0.15, -0.1) is 0 Å². The monoisotopic (exact) mass is 392 g/mol. The van der Waals surface area contributed by atoms with E-state index in [0.29, 0.717) is 33.8 Å². The normalized spacial score (nSPS) is 16.7. The number of anilines is 2. The third-order valence-electron chi connectivity index (χ3n) is 4.16. The summed E-state index contributed by atoms with van der Waals surface area (Å²) >= 11 is 12.2. The summed E-state index contributed by atoms with van der Waals surface area (Å²) in [5.41, 5.74) is 1.03. The molecular formula is C19H18Cl2N2O3. The highest BCUT2D eigenvalue weighted by Crippen LogP contribution is 2.35. The number of rotatable bonds is 5. The summed E-state index contributed by atoms with van der Waals surface area (Å²) in [4.78, 5) is 26.7. The van der Waals surface area contributed by atoms with Gasteiger partial charge >= 0.3 is 0 Å². The molecule has 0 saturated carbocycles. The Morgan fingerprint density at radius 1 is 1.19 bits per heavy atom. The Kier molecular flexibility index (Phi) is 5.69. The van der Waals surface area contributed by atoms with Gasteiger partial charge in [0, 0.05) is 13.0 Å². The standard InChI is InChI=1S/C19H18Cl2N2O3/c1-2-26-16-9-4-3-8-15(16)23-11-12(10-17(23)24)19(25)22-18-13(20)6-5-7-14(18)21/h3-9,12H,2,10-11H2,1H3,(H,22,25). The van der Waals surface area contributed by atoms with Crippen molar-refractivity contribution in [2.24, 2.45) is 5.92 Å². The van der Waals surface area contributed by atoms with Crippen LogP contribution >= 0.6 is 23.2 Å². The first-order valence-corrected chi connectivity index (χ1v) is 9.04. The molecule has 3 rings (SSSR count). The van der Waals surface area contributed by atoms with Crippen LogP contribution in [0.25, 0.3) is 0 Å². The summed E-state index contributed by atoms with van der Waals surface area (Å²) in [5, 5.41) is 3.45. The molecule has 7 heteroatoms. The SMILES string of the molecule is CCOc1ccccc1N1CC(C(=O)Nc2c(Cl)cccc2Cl)CC1=O. The Balaban J connectivity index is 1.77. The Labute approximate surface area is 161 Å². The van der Waals surface area contributed by atoms with Crippen LogP contribution in [0.4, 0.5) is 11.4 Å². The number of ether oxygens (including phenoxy) is 1. The number of hydrogen-bond acceptors (Lipinski definition) is 3. The van der Waals surface area contributed by atoms with Gasteiger partial charge in [-0.25, -0.2) is 0 Å². The molecule has 1 aliphatic rings. The van der Waals surface area contributed by atoms with Crippen LogP contribution in [-0.2, 0) is 9.59 Å². The van der Waals surface area contributed by atoms with Crippen molar-refractivity contribution in [3.63, 3.8) is 0 Å². The van der Waals surface area contributed by atoms with Crippen molar-refractivity contribution in [3.8, 4) is 5.75 Å². The fourth-order valence-corrected chi connectivity index (χ4v) is 3.41. The van der Waals surface area contributed by atoms with Crippen molar-refractivity contribution in [3.05, 3.63) is 52.5 Å². The first-order chi connectivity index (χ1) is 12.5. The molecule has 5 nitrogen and oxygen atoms in total. The zero-order valence-corrected chi connectivity index (χ0v) is 15.7. The van der Waals surface area contributed by atoms with E-state index in [4.69, 9.17) is 27.9 Å². The maximum absolute atomic E-state index is 12.6. The van der Waals surface area contributed by atoms with Crippen molar-refractivity contribution in [1.82, 2.24) is 0 Å². The Bertz CT molecular complexity index is 821. The van der Waals surface area contributed by atoms with E-state index in [1.165, 1.54) is 0 Å². The number of carbonyl (C=O) groups excluding carboxylic acids is 2. The van der Waals surface area contributed by atoms with Crippen molar-refractivity contribution < 1.29 is 14.3 Å². The molecule has 1 unspecified atom stereocenters. The number of nitrogens with zero attached hydrogens (tertiary/aromatic N) is 1. The zero-order chi connectivity index (χ0) is 18.7. The second kappa shape index (κ2) is 7.98. The number of halogens is 2. The number of benzene rings is 2. The van der Waals surface area contributed by atoms with E-state index in [0.717, 1.165) is 0 Å². The first kappa shape index (κ1) is 18.5. The molecule has 0 bridgehead atoms. The number of amides is 2. The van der Waals surface area contributed by atoms with Gasteiger partial charge < -0.3 is 15.0 Å². The fraction of sp³-hybridized carbons (Fsp3) is 0.263. The molecule has 136 valence electrons. The van der Waals surface area contributed by atoms with E-state index in [2.05, 4.69) is 5.32 Å². The van der Waals surface area contributed by atoms with Crippen LogP contribution in [-0.4, -0.2) is 25.0 Å². The Hall–Kier alpha value is -2.24. The molecule has 0 aromatic heterocycles. The molecule has 2 amide bonds. The van der Waals surface area contributed by atoms with Crippen LogP contribution in [0.5, 0.6) is 5.75 Å². The molecule has 1 heterocycles. The minimum Gasteiger partial charge on any atom is -0.492 e. The van der Waals surface area contributed by atoms with Gasteiger partial charge in [0.05, 0.1) is 33.9 Å². The van der Waals surface area contributed by atoms with Crippen LogP contribution in [0.1, 0.15) is 13.3 Å². The van der Waals surface area contributed by atoms with Gasteiger partial charge in [-0.05, 0) is 31.2 Å². The zero-order valence-electron chi connectivity index (χ0n) is 14.2. The quantitative estimate of drug-likeness (QED) is 0.820. The van der Waals surface area contributed by atoms with Crippen LogP contribution in [0, 0.1) is 5.92 Å². The Morgan fingerprint density at radius 2 is 1.88 bits per heavy atom. The average molecular weight is 393 g/mol. The third-order valence-corrected chi connectivity index (χ3v) is 4.79. The van der Waals surface area contributed by atoms with E-state index >= 15 is 0 Å². The van der Waals surface area contributed by atoms with Gasteiger partial charge in [-0.2, -0.15) is 0 Å². The maximum Gasteiger partial charge on any atom is 0.229 e. The van der Waals surface area contributed by atoms with Crippen molar-refractivity contribution in [2.75, 3.05) is 23.4 Å². The molecule has 1 aliphatic heterocycles. The van der Waals surface area contributed by atoms with E-state index in [1.54, 1.807) is 23.1 Å². The van der Waals surface area contributed by atoms with Crippen molar-refractivity contribution >= 4 is 46.4 Å². The van der Waals surface area contributed by atoms with Crippen LogP contribution in [0.3, 0.4) is 0 Å². The lowest BCUT2D eigenvalue weighted by Crippen LogP contribution is -2.28. The highest BCUT2D eigenvalue weighted by Gasteiger charge is 2.36. The van der Waals surface area contributed by atoms with Crippen LogP contribution < -0.4 is 15.0 Å². The van der Waals surface area contributed by atoms with E-state index in [-0.39, 0.29) is 24.8 Å². The minimum atomic E-state index is -0.496. The molecule has 0 spiro atoms. The van der Waals surface area contributed by atoms with Gasteiger partial charge in [-0.3, -0.25) is 9.59 Å². The number of nitrogens with one attached hydrogen (secondary N) is 1. The number of hydrogen-bond donors (Lipinski definition) is 1. The lowest BCUT2D eigenvalue weighted by molar-refractivity contribution is -0.122. The molecule has 0 radical (unpaired) electrons. The van der Waals surface area contributed by atoms with Crippen LogP contribution in [0.15, 0.2) is 42.5 Å². The molecule has 1 saturated heterocycles. The molecule has 26 heavy (non-hydrogen) atoms.